The summed E-state index contributed by atoms with van der Waals surface area (Å²) in [5, 5.41) is 14.6. The molecule has 1 aromatic carbocycles. The van der Waals surface area contributed by atoms with Crippen LogP contribution in [0.4, 0.5) is 5.69 Å². The molecule has 2 rings (SSSR count). The molecule has 1 aromatic heterocycles. The van der Waals surface area contributed by atoms with Crippen LogP contribution in [0.2, 0.25) is 0 Å². The average molecular weight is 326 g/mol. The summed E-state index contributed by atoms with van der Waals surface area (Å²) in [5.74, 6) is -0.715. The van der Waals surface area contributed by atoms with Crippen LogP contribution in [0.25, 0.3) is 0 Å². The SMILES string of the molecule is Cc1csc(C(C#N)C=NCC(=O)Nc2c(C)cccc2C)n1. The van der Waals surface area contributed by atoms with Crippen molar-refractivity contribution in [3.8, 4) is 6.07 Å². The van der Waals surface area contributed by atoms with Gasteiger partial charge in [-0.3, -0.25) is 9.79 Å². The standard InChI is InChI=1S/C17H18N4OS/c1-11-5-4-6-12(2)16(11)21-15(22)9-19-8-14(7-18)17-20-13(3)10-23-17/h4-6,8,10,14H,9H2,1-3H3,(H,21,22). The van der Waals surface area contributed by atoms with Crippen LogP contribution < -0.4 is 5.32 Å². The first-order valence-corrected chi connectivity index (χ1v) is 8.07. The lowest BCUT2D eigenvalue weighted by Gasteiger charge is -2.10. The summed E-state index contributed by atoms with van der Waals surface area (Å²) >= 11 is 1.42. The smallest absolute Gasteiger partial charge is 0.246 e. The Hall–Kier alpha value is -2.52. The Labute approximate surface area is 139 Å². The van der Waals surface area contributed by atoms with Gasteiger partial charge in [-0.2, -0.15) is 5.26 Å². The van der Waals surface area contributed by atoms with Gasteiger partial charge in [0.25, 0.3) is 0 Å². The fourth-order valence-electron chi connectivity index (χ4n) is 2.10. The normalized spacial score (nSPS) is 12.1. The number of para-hydroxylation sites is 1. The van der Waals surface area contributed by atoms with Gasteiger partial charge in [0.15, 0.2) is 0 Å². The third-order valence-electron chi connectivity index (χ3n) is 3.28. The van der Waals surface area contributed by atoms with E-state index in [2.05, 4.69) is 21.4 Å². The van der Waals surface area contributed by atoms with Gasteiger partial charge in [0.1, 0.15) is 17.5 Å². The molecular weight excluding hydrogens is 308 g/mol. The number of nitriles is 1. The first kappa shape index (κ1) is 16.8. The van der Waals surface area contributed by atoms with E-state index in [1.807, 2.05) is 44.4 Å². The molecule has 1 N–H and O–H groups in total. The highest BCUT2D eigenvalue weighted by Crippen LogP contribution is 2.20. The zero-order chi connectivity index (χ0) is 16.8. The van der Waals surface area contributed by atoms with Gasteiger partial charge in [-0.15, -0.1) is 11.3 Å². The average Bonchev–Trinajstić information content (AvgIpc) is 2.94. The Morgan fingerprint density at radius 2 is 2.13 bits per heavy atom. The van der Waals surface area contributed by atoms with E-state index in [0.717, 1.165) is 22.5 Å². The largest absolute Gasteiger partial charge is 0.324 e. The maximum absolute atomic E-state index is 12.0. The Balaban J connectivity index is 1.97. The molecule has 0 aliphatic rings. The van der Waals surface area contributed by atoms with Gasteiger partial charge < -0.3 is 5.32 Å². The highest BCUT2D eigenvalue weighted by atomic mass is 32.1. The first-order chi connectivity index (χ1) is 11.0. The maximum atomic E-state index is 12.0. The Morgan fingerprint density at radius 1 is 1.43 bits per heavy atom. The van der Waals surface area contributed by atoms with Crippen LogP contribution in [0.5, 0.6) is 0 Å². The highest BCUT2D eigenvalue weighted by molar-refractivity contribution is 7.09. The molecule has 0 spiro atoms. The van der Waals surface area contributed by atoms with Crippen molar-refractivity contribution in [2.24, 2.45) is 4.99 Å². The summed E-state index contributed by atoms with van der Waals surface area (Å²) in [6.07, 6.45) is 1.49. The Morgan fingerprint density at radius 3 is 2.70 bits per heavy atom. The van der Waals surface area contributed by atoms with Crippen LogP contribution in [0.1, 0.15) is 27.7 Å². The number of benzene rings is 1. The van der Waals surface area contributed by atoms with Crippen LogP contribution in [-0.4, -0.2) is 23.7 Å². The second-order valence-corrected chi connectivity index (χ2v) is 6.13. The lowest BCUT2D eigenvalue weighted by Crippen LogP contribution is -2.16. The lowest BCUT2D eigenvalue weighted by molar-refractivity contribution is -0.114. The van der Waals surface area contributed by atoms with Gasteiger partial charge in [-0.05, 0) is 31.9 Å². The van der Waals surface area contributed by atoms with E-state index < -0.39 is 5.92 Å². The Bertz CT molecular complexity index is 753. The lowest BCUT2D eigenvalue weighted by atomic mass is 10.1. The van der Waals surface area contributed by atoms with Gasteiger partial charge in [0.05, 0.1) is 6.07 Å². The molecule has 1 amide bonds. The monoisotopic (exact) mass is 326 g/mol. The summed E-state index contributed by atoms with van der Waals surface area (Å²) in [5.41, 5.74) is 3.72. The molecule has 1 unspecified atom stereocenters. The number of anilines is 1. The molecule has 0 radical (unpaired) electrons. The number of nitrogens with one attached hydrogen (secondary N) is 1. The highest BCUT2D eigenvalue weighted by Gasteiger charge is 2.12. The second kappa shape index (κ2) is 7.65. The predicted molar refractivity (Wildman–Crippen MR) is 93.1 cm³/mol. The molecule has 0 saturated carbocycles. The summed E-state index contributed by atoms with van der Waals surface area (Å²) in [6, 6.07) is 7.98. The van der Waals surface area contributed by atoms with Crippen molar-refractivity contribution in [2.45, 2.75) is 26.7 Å². The topological polar surface area (TPSA) is 78.1 Å². The van der Waals surface area contributed by atoms with Crippen molar-refractivity contribution in [2.75, 3.05) is 11.9 Å². The van der Waals surface area contributed by atoms with E-state index in [-0.39, 0.29) is 12.5 Å². The van der Waals surface area contributed by atoms with Crippen molar-refractivity contribution in [3.63, 3.8) is 0 Å². The predicted octanol–water partition coefficient (Wildman–Crippen LogP) is 3.39. The zero-order valence-electron chi connectivity index (χ0n) is 13.3. The summed E-state index contributed by atoms with van der Waals surface area (Å²) < 4.78 is 0. The third-order valence-corrected chi connectivity index (χ3v) is 4.32. The van der Waals surface area contributed by atoms with Crippen LogP contribution in [-0.2, 0) is 4.79 Å². The quantitative estimate of drug-likeness (QED) is 0.856. The number of amides is 1. The number of hydrogen-bond donors (Lipinski definition) is 1. The minimum Gasteiger partial charge on any atom is -0.324 e. The molecule has 0 saturated heterocycles. The fraction of sp³-hybridized carbons (Fsp3) is 0.294. The minimum absolute atomic E-state index is 0.0175. The van der Waals surface area contributed by atoms with Crippen LogP contribution >= 0.6 is 11.3 Å². The number of nitrogens with zero attached hydrogens (tertiary/aromatic N) is 3. The molecule has 5 nitrogen and oxygen atoms in total. The molecule has 23 heavy (non-hydrogen) atoms. The van der Waals surface area contributed by atoms with E-state index in [1.54, 1.807) is 0 Å². The first-order valence-electron chi connectivity index (χ1n) is 7.19. The number of carbonyl (C=O) groups excluding carboxylic acids is 1. The van der Waals surface area contributed by atoms with E-state index in [9.17, 15) is 10.1 Å². The molecule has 0 aliphatic heterocycles. The molecule has 1 heterocycles. The number of rotatable bonds is 5. The number of carbonyl (C=O) groups is 1. The second-order valence-electron chi connectivity index (χ2n) is 5.24. The van der Waals surface area contributed by atoms with Crippen LogP contribution in [0.3, 0.4) is 0 Å². The van der Waals surface area contributed by atoms with Gasteiger partial charge in [-0.25, -0.2) is 4.98 Å². The van der Waals surface area contributed by atoms with E-state index in [1.165, 1.54) is 17.6 Å². The van der Waals surface area contributed by atoms with E-state index in [4.69, 9.17) is 0 Å². The number of aliphatic imine (C=N–C) groups is 1. The summed E-state index contributed by atoms with van der Waals surface area (Å²) in [7, 11) is 0. The number of aromatic nitrogens is 1. The molecular formula is C17H18N4OS. The number of hydrogen-bond acceptors (Lipinski definition) is 5. The Kier molecular flexibility index (Phi) is 5.61. The van der Waals surface area contributed by atoms with Gasteiger partial charge in [0.2, 0.25) is 5.91 Å². The van der Waals surface area contributed by atoms with E-state index in [0.29, 0.717) is 5.01 Å². The van der Waals surface area contributed by atoms with Gasteiger partial charge >= 0.3 is 0 Å². The van der Waals surface area contributed by atoms with Crippen LogP contribution in [0, 0.1) is 32.1 Å². The van der Waals surface area contributed by atoms with Crippen molar-refractivity contribution < 1.29 is 4.79 Å². The molecule has 1 atom stereocenters. The molecule has 6 heteroatoms. The number of aryl methyl sites for hydroxylation is 3. The van der Waals surface area contributed by atoms with Crippen molar-refractivity contribution in [1.29, 1.82) is 5.26 Å². The summed E-state index contributed by atoms with van der Waals surface area (Å²) in [4.78, 5) is 20.4. The van der Waals surface area contributed by atoms with Gasteiger partial charge in [-0.1, -0.05) is 18.2 Å². The molecule has 0 fully saturated rings. The maximum Gasteiger partial charge on any atom is 0.246 e. The fourth-order valence-corrected chi connectivity index (χ4v) is 2.90. The van der Waals surface area contributed by atoms with Crippen molar-refractivity contribution >= 4 is 29.1 Å². The molecule has 0 bridgehead atoms. The molecule has 118 valence electrons. The van der Waals surface area contributed by atoms with Gasteiger partial charge in [0, 0.05) is 23.0 Å². The molecule has 2 aromatic rings. The van der Waals surface area contributed by atoms with Crippen molar-refractivity contribution in [1.82, 2.24) is 4.98 Å². The molecule has 0 aliphatic carbocycles. The third kappa shape index (κ3) is 4.47. The zero-order valence-corrected chi connectivity index (χ0v) is 14.1. The van der Waals surface area contributed by atoms with E-state index >= 15 is 0 Å². The summed E-state index contributed by atoms with van der Waals surface area (Å²) in [6.45, 7) is 5.75. The van der Waals surface area contributed by atoms with Crippen molar-refractivity contribution in [3.05, 3.63) is 45.4 Å². The minimum atomic E-state index is -0.512. The van der Waals surface area contributed by atoms with Crippen LogP contribution in [0.15, 0.2) is 28.6 Å². The number of thiazole rings is 1.